The summed E-state index contributed by atoms with van der Waals surface area (Å²) in [5.41, 5.74) is 0.742. The summed E-state index contributed by atoms with van der Waals surface area (Å²) in [5.74, 6) is -0.0790. The van der Waals surface area contributed by atoms with Gasteiger partial charge in [0.05, 0.1) is 16.4 Å². The number of non-ortho nitro benzene ring substituents is 1. The molecule has 1 saturated heterocycles. The number of hydrogen-bond acceptors (Lipinski definition) is 6. The van der Waals surface area contributed by atoms with Crippen LogP contribution in [0.5, 0.6) is 5.75 Å². The van der Waals surface area contributed by atoms with Crippen molar-refractivity contribution in [3.63, 3.8) is 0 Å². The molecule has 1 unspecified atom stereocenters. The molecule has 10 heteroatoms. The van der Waals surface area contributed by atoms with Crippen molar-refractivity contribution in [2.45, 2.75) is 19.0 Å². The lowest BCUT2D eigenvalue weighted by atomic mass is 10.1. The first-order valence-electron chi connectivity index (χ1n) is 8.85. The Kier molecular flexibility index (Phi) is 6.39. The zero-order valence-electron chi connectivity index (χ0n) is 15.4. The van der Waals surface area contributed by atoms with Crippen LogP contribution in [-0.2, 0) is 21.2 Å². The van der Waals surface area contributed by atoms with Crippen molar-refractivity contribution in [3.8, 4) is 5.75 Å². The first kappa shape index (κ1) is 21.1. The fraction of sp³-hybridized carbons (Fsp3) is 0.316. The van der Waals surface area contributed by atoms with Crippen LogP contribution in [0.15, 0.2) is 48.5 Å². The molecule has 0 spiro atoms. The Morgan fingerprint density at radius 3 is 2.38 bits per heavy atom. The summed E-state index contributed by atoms with van der Waals surface area (Å²) >= 11 is 5.90. The fourth-order valence-electron chi connectivity index (χ4n) is 3.12. The molecule has 8 nitrogen and oxygen atoms in total. The average Bonchev–Trinajstić information content (AvgIpc) is 3.05. The van der Waals surface area contributed by atoms with E-state index in [1.807, 2.05) is 0 Å². The Balaban J connectivity index is 1.71. The smallest absolute Gasteiger partial charge is 0.269 e. The molecule has 1 heterocycles. The van der Waals surface area contributed by atoms with Crippen molar-refractivity contribution in [1.82, 2.24) is 4.90 Å². The molecule has 1 aliphatic heterocycles. The number of nitro groups is 1. The number of amides is 1. The SMILES string of the molecule is O=C(COc1ccc([N+](=O)[O-])cc1)N(Cc1ccc(Cl)cc1)C1CCS(=O)(=O)C1. The van der Waals surface area contributed by atoms with E-state index in [-0.39, 0.29) is 36.3 Å². The minimum atomic E-state index is -3.17. The number of carbonyl (C=O) groups is 1. The van der Waals surface area contributed by atoms with Crippen molar-refractivity contribution in [3.05, 3.63) is 69.2 Å². The monoisotopic (exact) mass is 438 g/mol. The predicted molar refractivity (Wildman–Crippen MR) is 108 cm³/mol. The summed E-state index contributed by atoms with van der Waals surface area (Å²) in [7, 11) is -3.17. The average molecular weight is 439 g/mol. The van der Waals surface area contributed by atoms with Crippen molar-refractivity contribution in [2.24, 2.45) is 0 Å². The summed E-state index contributed by atoms with van der Waals surface area (Å²) in [6, 6.07) is 11.9. The second-order valence-electron chi connectivity index (χ2n) is 6.74. The molecule has 1 fully saturated rings. The maximum absolute atomic E-state index is 12.8. The lowest BCUT2D eigenvalue weighted by Gasteiger charge is -2.28. The second kappa shape index (κ2) is 8.79. The van der Waals surface area contributed by atoms with E-state index in [2.05, 4.69) is 0 Å². The van der Waals surface area contributed by atoms with Gasteiger partial charge in [-0.2, -0.15) is 0 Å². The number of hydrogen-bond donors (Lipinski definition) is 0. The van der Waals surface area contributed by atoms with Crippen LogP contribution in [-0.4, -0.2) is 48.3 Å². The van der Waals surface area contributed by atoms with Crippen molar-refractivity contribution < 1.29 is 22.9 Å². The van der Waals surface area contributed by atoms with Gasteiger partial charge in [0.2, 0.25) is 0 Å². The quantitative estimate of drug-likeness (QED) is 0.486. The Labute approximate surface area is 173 Å². The largest absolute Gasteiger partial charge is 0.484 e. The van der Waals surface area contributed by atoms with Gasteiger partial charge >= 0.3 is 0 Å². The van der Waals surface area contributed by atoms with E-state index in [9.17, 15) is 23.3 Å². The van der Waals surface area contributed by atoms with Crippen LogP contribution in [0, 0.1) is 10.1 Å². The van der Waals surface area contributed by atoms with Gasteiger partial charge in [-0.15, -0.1) is 0 Å². The summed E-state index contributed by atoms with van der Waals surface area (Å²) in [4.78, 5) is 24.5. The number of nitro benzene ring substituents is 1. The van der Waals surface area contributed by atoms with Gasteiger partial charge in [0.15, 0.2) is 16.4 Å². The van der Waals surface area contributed by atoms with E-state index in [1.165, 1.54) is 29.2 Å². The molecule has 1 amide bonds. The Bertz CT molecular complexity index is 992. The van der Waals surface area contributed by atoms with E-state index in [4.69, 9.17) is 16.3 Å². The molecule has 2 aromatic carbocycles. The molecule has 0 radical (unpaired) electrons. The first-order chi connectivity index (χ1) is 13.7. The first-order valence-corrected chi connectivity index (χ1v) is 11.0. The highest BCUT2D eigenvalue weighted by Crippen LogP contribution is 2.22. The van der Waals surface area contributed by atoms with Gasteiger partial charge in [-0.25, -0.2) is 8.42 Å². The highest BCUT2D eigenvalue weighted by molar-refractivity contribution is 7.91. The topological polar surface area (TPSA) is 107 Å². The Morgan fingerprint density at radius 2 is 1.83 bits per heavy atom. The lowest BCUT2D eigenvalue weighted by molar-refractivity contribution is -0.384. The molecule has 3 rings (SSSR count). The number of ether oxygens (including phenoxy) is 1. The van der Waals surface area contributed by atoms with Crippen molar-refractivity contribution in [1.29, 1.82) is 0 Å². The minimum absolute atomic E-state index is 0.0469. The van der Waals surface area contributed by atoms with Gasteiger partial charge < -0.3 is 9.64 Å². The third-order valence-corrected chi connectivity index (χ3v) is 6.65. The van der Waals surface area contributed by atoms with Crippen LogP contribution in [0.4, 0.5) is 5.69 Å². The molecule has 0 aliphatic carbocycles. The van der Waals surface area contributed by atoms with E-state index in [0.717, 1.165) is 5.56 Å². The summed E-state index contributed by atoms with van der Waals surface area (Å²) < 4.78 is 29.2. The third-order valence-electron chi connectivity index (χ3n) is 4.65. The van der Waals surface area contributed by atoms with Crippen LogP contribution >= 0.6 is 11.6 Å². The van der Waals surface area contributed by atoms with Crippen molar-refractivity contribution in [2.75, 3.05) is 18.1 Å². The zero-order chi connectivity index (χ0) is 21.0. The van der Waals surface area contributed by atoms with E-state index < -0.39 is 20.8 Å². The maximum atomic E-state index is 12.8. The highest BCUT2D eigenvalue weighted by atomic mass is 35.5. The number of carbonyl (C=O) groups excluding carboxylic acids is 1. The molecule has 0 saturated carbocycles. The second-order valence-corrected chi connectivity index (χ2v) is 9.41. The van der Waals surface area contributed by atoms with E-state index >= 15 is 0 Å². The minimum Gasteiger partial charge on any atom is -0.484 e. The lowest BCUT2D eigenvalue weighted by Crippen LogP contribution is -2.43. The van der Waals surface area contributed by atoms with Crippen LogP contribution in [0.25, 0.3) is 0 Å². The predicted octanol–water partition coefficient (Wildman–Crippen LogP) is 2.84. The molecule has 0 aromatic heterocycles. The van der Waals surface area contributed by atoms with Crippen LogP contribution in [0.2, 0.25) is 5.02 Å². The number of nitrogens with zero attached hydrogens (tertiary/aromatic N) is 2. The van der Waals surface area contributed by atoms with Gasteiger partial charge in [0.1, 0.15) is 5.75 Å². The van der Waals surface area contributed by atoms with Crippen LogP contribution in [0.3, 0.4) is 0 Å². The van der Waals surface area contributed by atoms with Gasteiger partial charge in [-0.05, 0) is 36.2 Å². The molecule has 2 aromatic rings. The molecule has 0 bridgehead atoms. The zero-order valence-corrected chi connectivity index (χ0v) is 16.9. The number of benzene rings is 2. The van der Waals surface area contributed by atoms with Crippen molar-refractivity contribution >= 4 is 33.0 Å². The fourth-order valence-corrected chi connectivity index (χ4v) is 4.98. The Morgan fingerprint density at radius 1 is 1.17 bits per heavy atom. The van der Waals surface area contributed by atoms with Crippen LogP contribution < -0.4 is 4.74 Å². The normalized spacial score (nSPS) is 17.6. The third kappa shape index (κ3) is 5.68. The van der Waals surface area contributed by atoms with E-state index in [1.54, 1.807) is 24.3 Å². The Hall–Kier alpha value is -2.65. The summed E-state index contributed by atoms with van der Waals surface area (Å²) in [6.45, 7) is -0.0677. The molecule has 1 atom stereocenters. The molecular formula is C19H19ClN2O6S. The summed E-state index contributed by atoms with van der Waals surface area (Å²) in [6.07, 6.45) is 0.374. The summed E-state index contributed by atoms with van der Waals surface area (Å²) in [5, 5.41) is 11.3. The number of halogens is 1. The highest BCUT2D eigenvalue weighted by Gasteiger charge is 2.34. The molecule has 1 aliphatic rings. The van der Waals surface area contributed by atoms with Gasteiger partial charge in [0.25, 0.3) is 11.6 Å². The maximum Gasteiger partial charge on any atom is 0.269 e. The van der Waals surface area contributed by atoms with Gasteiger partial charge in [0, 0.05) is 29.7 Å². The molecule has 29 heavy (non-hydrogen) atoms. The molecular weight excluding hydrogens is 420 g/mol. The molecule has 154 valence electrons. The van der Waals surface area contributed by atoms with Gasteiger partial charge in [-0.1, -0.05) is 23.7 Å². The van der Waals surface area contributed by atoms with E-state index in [0.29, 0.717) is 17.2 Å². The van der Waals surface area contributed by atoms with Gasteiger partial charge in [-0.3, -0.25) is 14.9 Å². The van der Waals surface area contributed by atoms with Crippen LogP contribution in [0.1, 0.15) is 12.0 Å². The molecule has 0 N–H and O–H groups in total. The number of rotatable bonds is 7. The number of sulfone groups is 1. The standard InChI is InChI=1S/C19H19ClN2O6S/c20-15-3-1-14(2-4-15)11-21(17-9-10-29(26,27)13-17)19(23)12-28-18-7-5-16(6-8-18)22(24)25/h1-8,17H,9-13H2.